The molecule has 1 aromatic carbocycles. The van der Waals surface area contributed by atoms with Gasteiger partial charge in [0.1, 0.15) is 5.82 Å². The number of hydrogen-bond donors (Lipinski definition) is 1. The van der Waals surface area contributed by atoms with Gasteiger partial charge in [0, 0.05) is 12.5 Å². The Morgan fingerprint density at radius 1 is 1.37 bits per heavy atom. The van der Waals surface area contributed by atoms with Crippen molar-refractivity contribution in [3.8, 4) is 0 Å². The van der Waals surface area contributed by atoms with Crippen LogP contribution in [0.4, 0.5) is 0 Å². The van der Waals surface area contributed by atoms with Crippen molar-refractivity contribution in [1.29, 1.82) is 0 Å². The summed E-state index contributed by atoms with van der Waals surface area (Å²) < 4.78 is 2.40. The Morgan fingerprint density at radius 2 is 2.21 bits per heavy atom. The second-order valence-electron chi connectivity index (χ2n) is 5.88. The lowest BCUT2D eigenvalue weighted by Crippen LogP contribution is -2.12. The van der Waals surface area contributed by atoms with Gasteiger partial charge in [-0.15, -0.1) is 0 Å². The van der Waals surface area contributed by atoms with Crippen LogP contribution in [0.1, 0.15) is 38.6 Å². The lowest BCUT2D eigenvalue weighted by atomic mass is 10.0. The van der Waals surface area contributed by atoms with Crippen molar-refractivity contribution < 1.29 is 0 Å². The molecule has 3 nitrogen and oxygen atoms in total. The molecule has 1 saturated heterocycles. The second kappa shape index (κ2) is 5.33. The predicted octanol–water partition coefficient (Wildman–Crippen LogP) is 3.16. The largest absolute Gasteiger partial charge is 0.325 e. The standard InChI is InChI=1S/C16H23N3/c1-12(2)19-15-6-4-3-5-14(15)18-16(19)8-7-13-9-10-17-11-13/h3-6,12-13,17H,7-11H2,1-2H3. The Hall–Kier alpha value is -1.35. The van der Waals surface area contributed by atoms with Gasteiger partial charge in [0.05, 0.1) is 11.0 Å². The van der Waals surface area contributed by atoms with Gasteiger partial charge < -0.3 is 9.88 Å². The summed E-state index contributed by atoms with van der Waals surface area (Å²) in [6.07, 6.45) is 3.67. The number of para-hydroxylation sites is 2. The van der Waals surface area contributed by atoms with Crippen LogP contribution in [-0.2, 0) is 6.42 Å². The molecule has 102 valence electrons. The highest BCUT2D eigenvalue weighted by molar-refractivity contribution is 5.76. The zero-order valence-electron chi connectivity index (χ0n) is 11.9. The molecule has 1 atom stereocenters. The number of rotatable bonds is 4. The molecule has 1 aliphatic rings. The molecule has 0 spiro atoms. The van der Waals surface area contributed by atoms with E-state index in [0.717, 1.165) is 17.9 Å². The Kier molecular flexibility index (Phi) is 3.56. The number of aryl methyl sites for hydroxylation is 1. The maximum absolute atomic E-state index is 4.84. The van der Waals surface area contributed by atoms with Gasteiger partial charge in [-0.2, -0.15) is 0 Å². The van der Waals surface area contributed by atoms with E-state index in [4.69, 9.17) is 4.98 Å². The average molecular weight is 257 g/mol. The number of aromatic nitrogens is 2. The van der Waals surface area contributed by atoms with Crippen LogP contribution in [0.15, 0.2) is 24.3 Å². The minimum Gasteiger partial charge on any atom is -0.325 e. The van der Waals surface area contributed by atoms with Crippen molar-refractivity contribution in [2.75, 3.05) is 13.1 Å². The second-order valence-corrected chi connectivity index (χ2v) is 5.88. The Labute approximate surface area is 115 Å². The van der Waals surface area contributed by atoms with E-state index in [2.05, 4.69) is 48.0 Å². The summed E-state index contributed by atoms with van der Waals surface area (Å²) in [5, 5.41) is 3.45. The van der Waals surface area contributed by atoms with Crippen molar-refractivity contribution in [1.82, 2.24) is 14.9 Å². The average Bonchev–Trinajstić information content (AvgIpc) is 3.03. The first-order chi connectivity index (χ1) is 9.25. The molecule has 1 unspecified atom stereocenters. The van der Waals surface area contributed by atoms with Gasteiger partial charge in [0.2, 0.25) is 0 Å². The Morgan fingerprint density at radius 3 is 2.95 bits per heavy atom. The molecule has 1 fully saturated rings. The fraction of sp³-hybridized carbons (Fsp3) is 0.562. The van der Waals surface area contributed by atoms with E-state index in [1.54, 1.807) is 0 Å². The van der Waals surface area contributed by atoms with Crippen molar-refractivity contribution in [3.63, 3.8) is 0 Å². The lowest BCUT2D eigenvalue weighted by molar-refractivity contribution is 0.502. The van der Waals surface area contributed by atoms with Crippen LogP contribution in [0.5, 0.6) is 0 Å². The van der Waals surface area contributed by atoms with Gasteiger partial charge in [0.25, 0.3) is 0 Å². The lowest BCUT2D eigenvalue weighted by Gasteiger charge is -2.14. The first kappa shape index (κ1) is 12.7. The number of nitrogens with zero attached hydrogens (tertiary/aromatic N) is 2. The number of nitrogens with one attached hydrogen (secondary N) is 1. The highest BCUT2D eigenvalue weighted by Crippen LogP contribution is 2.23. The van der Waals surface area contributed by atoms with Gasteiger partial charge in [-0.25, -0.2) is 4.98 Å². The maximum Gasteiger partial charge on any atom is 0.110 e. The van der Waals surface area contributed by atoms with Crippen LogP contribution in [0.2, 0.25) is 0 Å². The maximum atomic E-state index is 4.84. The predicted molar refractivity (Wildman–Crippen MR) is 79.4 cm³/mol. The molecule has 0 aliphatic carbocycles. The Bertz CT molecular complexity index is 550. The summed E-state index contributed by atoms with van der Waals surface area (Å²) >= 11 is 0. The normalized spacial score (nSPS) is 19.6. The third-order valence-electron chi connectivity index (χ3n) is 4.12. The molecular weight excluding hydrogens is 234 g/mol. The Balaban J connectivity index is 1.86. The summed E-state index contributed by atoms with van der Waals surface area (Å²) in [6, 6.07) is 8.96. The van der Waals surface area contributed by atoms with Crippen LogP contribution in [0, 0.1) is 5.92 Å². The molecule has 2 aromatic rings. The fourth-order valence-corrected chi connectivity index (χ4v) is 3.14. The summed E-state index contributed by atoms with van der Waals surface area (Å²) in [6.45, 7) is 6.86. The van der Waals surface area contributed by atoms with E-state index in [9.17, 15) is 0 Å². The molecule has 2 heterocycles. The van der Waals surface area contributed by atoms with Crippen LogP contribution in [0.3, 0.4) is 0 Å². The molecule has 1 aromatic heterocycles. The molecule has 19 heavy (non-hydrogen) atoms. The van der Waals surface area contributed by atoms with Crippen LogP contribution in [0.25, 0.3) is 11.0 Å². The van der Waals surface area contributed by atoms with E-state index >= 15 is 0 Å². The molecular formula is C16H23N3. The number of imidazole rings is 1. The third kappa shape index (κ3) is 2.52. The van der Waals surface area contributed by atoms with Gasteiger partial charge in [-0.1, -0.05) is 12.1 Å². The van der Waals surface area contributed by atoms with Gasteiger partial charge >= 0.3 is 0 Å². The van der Waals surface area contributed by atoms with Gasteiger partial charge in [-0.3, -0.25) is 0 Å². The summed E-state index contributed by atoms with van der Waals surface area (Å²) in [5.41, 5.74) is 2.41. The van der Waals surface area contributed by atoms with E-state index in [1.807, 2.05) is 0 Å². The van der Waals surface area contributed by atoms with E-state index < -0.39 is 0 Å². The minimum atomic E-state index is 0.476. The van der Waals surface area contributed by atoms with E-state index in [-0.39, 0.29) is 0 Å². The zero-order chi connectivity index (χ0) is 13.2. The monoisotopic (exact) mass is 257 g/mol. The summed E-state index contributed by atoms with van der Waals surface area (Å²) in [4.78, 5) is 4.84. The smallest absolute Gasteiger partial charge is 0.110 e. The van der Waals surface area contributed by atoms with Gasteiger partial charge in [0.15, 0.2) is 0 Å². The fourth-order valence-electron chi connectivity index (χ4n) is 3.14. The van der Waals surface area contributed by atoms with Crippen molar-refractivity contribution >= 4 is 11.0 Å². The third-order valence-corrected chi connectivity index (χ3v) is 4.12. The van der Waals surface area contributed by atoms with Crippen molar-refractivity contribution in [3.05, 3.63) is 30.1 Å². The van der Waals surface area contributed by atoms with Crippen LogP contribution < -0.4 is 5.32 Å². The van der Waals surface area contributed by atoms with E-state index in [1.165, 1.54) is 37.3 Å². The van der Waals surface area contributed by atoms with Crippen molar-refractivity contribution in [2.24, 2.45) is 5.92 Å². The van der Waals surface area contributed by atoms with Crippen LogP contribution in [-0.4, -0.2) is 22.6 Å². The molecule has 1 aliphatic heterocycles. The van der Waals surface area contributed by atoms with Gasteiger partial charge in [-0.05, 0) is 57.8 Å². The molecule has 3 rings (SSSR count). The number of hydrogen-bond acceptors (Lipinski definition) is 2. The molecule has 1 N–H and O–H groups in total. The molecule has 0 bridgehead atoms. The topological polar surface area (TPSA) is 29.9 Å². The molecule has 3 heteroatoms. The molecule has 0 radical (unpaired) electrons. The first-order valence-electron chi connectivity index (χ1n) is 7.42. The number of fused-ring (bicyclic) bond motifs is 1. The zero-order valence-corrected chi connectivity index (χ0v) is 11.9. The number of benzene rings is 1. The highest BCUT2D eigenvalue weighted by Gasteiger charge is 2.17. The SMILES string of the molecule is CC(C)n1c(CCC2CCNC2)nc2ccccc21. The van der Waals surface area contributed by atoms with Crippen LogP contribution >= 0.6 is 0 Å². The minimum absolute atomic E-state index is 0.476. The summed E-state index contributed by atoms with van der Waals surface area (Å²) in [7, 11) is 0. The summed E-state index contributed by atoms with van der Waals surface area (Å²) in [5.74, 6) is 2.09. The van der Waals surface area contributed by atoms with E-state index in [0.29, 0.717) is 6.04 Å². The highest BCUT2D eigenvalue weighted by atomic mass is 15.1. The quantitative estimate of drug-likeness (QED) is 0.912. The first-order valence-corrected chi connectivity index (χ1v) is 7.42. The molecule has 0 saturated carbocycles. The van der Waals surface area contributed by atoms with Crippen molar-refractivity contribution in [2.45, 2.75) is 39.2 Å². The molecule has 0 amide bonds.